The SMILES string of the molecule is CC(C(=O)N1CCCC1)n1cc(S(=O)(=O)Cl)cn1. The first-order chi connectivity index (χ1) is 8.39. The molecule has 0 radical (unpaired) electrons. The highest BCUT2D eigenvalue weighted by molar-refractivity contribution is 8.13. The summed E-state index contributed by atoms with van der Waals surface area (Å²) in [6.07, 6.45) is 4.45. The van der Waals surface area contributed by atoms with Gasteiger partial charge in [0.25, 0.3) is 9.05 Å². The van der Waals surface area contributed by atoms with Gasteiger partial charge in [-0.3, -0.25) is 9.48 Å². The monoisotopic (exact) mass is 291 g/mol. The first kappa shape index (κ1) is 13.4. The molecule has 1 aromatic heterocycles. The molecule has 8 heteroatoms. The van der Waals surface area contributed by atoms with Crippen LogP contribution in [0.4, 0.5) is 0 Å². The van der Waals surface area contributed by atoms with Gasteiger partial charge in [-0.15, -0.1) is 0 Å². The molecule has 1 fully saturated rings. The van der Waals surface area contributed by atoms with Gasteiger partial charge >= 0.3 is 0 Å². The van der Waals surface area contributed by atoms with Crippen molar-refractivity contribution in [1.82, 2.24) is 14.7 Å². The second-order valence-electron chi connectivity index (χ2n) is 4.30. The molecule has 1 aliphatic rings. The molecule has 0 saturated carbocycles. The van der Waals surface area contributed by atoms with E-state index in [4.69, 9.17) is 10.7 Å². The Morgan fingerprint density at radius 2 is 2.06 bits per heavy atom. The highest BCUT2D eigenvalue weighted by atomic mass is 35.7. The number of halogens is 1. The number of likely N-dealkylation sites (tertiary alicyclic amines) is 1. The Labute approximate surface area is 110 Å². The van der Waals surface area contributed by atoms with E-state index < -0.39 is 15.1 Å². The maximum absolute atomic E-state index is 12.1. The number of carbonyl (C=O) groups is 1. The molecular formula is C10H14ClN3O3S. The van der Waals surface area contributed by atoms with Crippen molar-refractivity contribution in [3.8, 4) is 0 Å². The van der Waals surface area contributed by atoms with E-state index in [0.29, 0.717) is 0 Å². The van der Waals surface area contributed by atoms with Gasteiger partial charge < -0.3 is 4.90 Å². The molecule has 18 heavy (non-hydrogen) atoms. The maximum Gasteiger partial charge on any atom is 0.264 e. The average Bonchev–Trinajstić information content (AvgIpc) is 2.96. The predicted octanol–water partition coefficient (Wildman–Crippen LogP) is 0.994. The van der Waals surface area contributed by atoms with Gasteiger partial charge in [0, 0.05) is 30.0 Å². The van der Waals surface area contributed by atoms with Crippen LogP contribution in [0, 0.1) is 0 Å². The van der Waals surface area contributed by atoms with Crippen LogP contribution >= 0.6 is 10.7 Å². The van der Waals surface area contributed by atoms with Crippen LogP contribution in [0.15, 0.2) is 17.3 Å². The summed E-state index contributed by atoms with van der Waals surface area (Å²) in [5.74, 6) is -0.0471. The van der Waals surface area contributed by atoms with Crippen molar-refractivity contribution in [1.29, 1.82) is 0 Å². The molecular weight excluding hydrogens is 278 g/mol. The third-order valence-electron chi connectivity index (χ3n) is 3.03. The van der Waals surface area contributed by atoms with Crippen molar-refractivity contribution in [2.24, 2.45) is 0 Å². The Kier molecular flexibility index (Phi) is 3.63. The average molecular weight is 292 g/mol. The van der Waals surface area contributed by atoms with Crippen LogP contribution in [-0.4, -0.2) is 42.1 Å². The molecule has 2 heterocycles. The van der Waals surface area contributed by atoms with E-state index in [-0.39, 0.29) is 10.8 Å². The maximum atomic E-state index is 12.1. The van der Waals surface area contributed by atoms with Gasteiger partial charge in [-0.05, 0) is 19.8 Å². The molecule has 0 aromatic carbocycles. The molecule has 1 aliphatic heterocycles. The van der Waals surface area contributed by atoms with Crippen LogP contribution in [-0.2, 0) is 13.8 Å². The zero-order chi connectivity index (χ0) is 13.3. The lowest BCUT2D eigenvalue weighted by molar-refractivity contribution is -0.133. The normalized spacial score (nSPS) is 18.0. The number of amides is 1. The quantitative estimate of drug-likeness (QED) is 0.779. The van der Waals surface area contributed by atoms with Gasteiger partial charge in [-0.2, -0.15) is 5.10 Å². The van der Waals surface area contributed by atoms with Crippen LogP contribution in [0.3, 0.4) is 0 Å². The van der Waals surface area contributed by atoms with Crippen molar-refractivity contribution in [3.63, 3.8) is 0 Å². The zero-order valence-corrected chi connectivity index (χ0v) is 11.5. The molecule has 0 bridgehead atoms. The molecule has 1 unspecified atom stereocenters. The van der Waals surface area contributed by atoms with E-state index in [1.54, 1.807) is 11.8 Å². The molecule has 1 atom stereocenters. The standard InChI is InChI=1S/C10H14ClN3O3S/c1-8(10(15)13-4-2-3-5-13)14-7-9(6-12-14)18(11,16)17/h6-8H,2-5H2,1H3. The molecule has 2 rings (SSSR count). The summed E-state index contributed by atoms with van der Waals surface area (Å²) in [7, 11) is 1.41. The molecule has 1 amide bonds. The van der Waals surface area contributed by atoms with Crippen molar-refractivity contribution >= 4 is 25.6 Å². The van der Waals surface area contributed by atoms with Crippen LogP contribution in [0.5, 0.6) is 0 Å². The molecule has 0 spiro atoms. The van der Waals surface area contributed by atoms with Gasteiger partial charge in [0.15, 0.2) is 0 Å². The highest BCUT2D eigenvalue weighted by Gasteiger charge is 2.25. The fraction of sp³-hybridized carbons (Fsp3) is 0.600. The van der Waals surface area contributed by atoms with Crippen LogP contribution in [0.2, 0.25) is 0 Å². The minimum atomic E-state index is -3.80. The van der Waals surface area contributed by atoms with Crippen molar-refractivity contribution in [2.75, 3.05) is 13.1 Å². The minimum absolute atomic E-state index is 0.0471. The minimum Gasteiger partial charge on any atom is -0.341 e. The summed E-state index contributed by atoms with van der Waals surface area (Å²) in [6, 6.07) is -0.518. The second kappa shape index (κ2) is 4.89. The Morgan fingerprint density at radius 1 is 1.44 bits per heavy atom. The number of nitrogens with zero attached hydrogens (tertiary/aromatic N) is 3. The van der Waals surface area contributed by atoms with Crippen LogP contribution in [0.1, 0.15) is 25.8 Å². The predicted molar refractivity (Wildman–Crippen MR) is 65.8 cm³/mol. The zero-order valence-electron chi connectivity index (χ0n) is 9.91. The molecule has 1 saturated heterocycles. The van der Waals surface area contributed by atoms with E-state index in [2.05, 4.69) is 5.10 Å². The van der Waals surface area contributed by atoms with E-state index in [9.17, 15) is 13.2 Å². The first-order valence-corrected chi connectivity index (χ1v) is 7.98. The van der Waals surface area contributed by atoms with Gasteiger partial charge in [-0.25, -0.2) is 8.42 Å². The van der Waals surface area contributed by atoms with Gasteiger partial charge in [0.1, 0.15) is 10.9 Å². The number of rotatable bonds is 3. The van der Waals surface area contributed by atoms with Crippen LogP contribution in [0.25, 0.3) is 0 Å². The Morgan fingerprint density at radius 3 is 2.56 bits per heavy atom. The Balaban J connectivity index is 2.16. The lowest BCUT2D eigenvalue weighted by Gasteiger charge is -2.20. The molecule has 0 aliphatic carbocycles. The number of carbonyl (C=O) groups excluding carboxylic acids is 1. The molecule has 6 nitrogen and oxygen atoms in total. The van der Waals surface area contributed by atoms with Crippen molar-refractivity contribution in [3.05, 3.63) is 12.4 Å². The van der Waals surface area contributed by atoms with E-state index in [1.807, 2.05) is 0 Å². The second-order valence-corrected chi connectivity index (χ2v) is 6.87. The van der Waals surface area contributed by atoms with E-state index in [0.717, 1.165) is 32.1 Å². The Hall–Kier alpha value is -1.08. The number of hydrogen-bond donors (Lipinski definition) is 0. The summed E-state index contributed by atoms with van der Waals surface area (Å²) < 4.78 is 23.6. The third kappa shape index (κ3) is 2.67. The molecule has 1 aromatic rings. The van der Waals surface area contributed by atoms with Gasteiger partial charge in [0.2, 0.25) is 5.91 Å². The summed E-state index contributed by atoms with van der Waals surface area (Å²) in [6.45, 7) is 3.20. The largest absolute Gasteiger partial charge is 0.341 e. The number of hydrogen-bond acceptors (Lipinski definition) is 4. The summed E-state index contributed by atoms with van der Waals surface area (Å²) in [5.41, 5.74) is 0. The smallest absolute Gasteiger partial charge is 0.264 e. The van der Waals surface area contributed by atoms with Crippen LogP contribution < -0.4 is 0 Å². The first-order valence-electron chi connectivity index (χ1n) is 5.67. The molecule has 0 N–H and O–H groups in total. The van der Waals surface area contributed by atoms with Crippen molar-refractivity contribution in [2.45, 2.75) is 30.7 Å². The fourth-order valence-corrected chi connectivity index (χ4v) is 2.62. The lowest BCUT2D eigenvalue weighted by Crippen LogP contribution is -2.34. The summed E-state index contributed by atoms with van der Waals surface area (Å²) in [4.78, 5) is 13.8. The van der Waals surface area contributed by atoms with Gasteiger partial charge in [0.05, 0.1) is 6.20 Å². The fourth-order valence-electron chi connectivity index (χ4n) is 1.97. The van der Waals surface area contributed by atoms with E-state index >= 15 is 0 Å². The van der Waals surface area contributed by atoms with Crippen molar-refractivity contribution < 1.29 is 13.2 Å². The molecule has 100 valence electrons. The number of aromatic nitrogens is 2. The third-order valence-corrected chi connectivity index (χ3v) is 4.34. The highest BCUT2D eigenvalue weighted by Crippen LogP contribution is 2.18. The lowest BCUT2D eigenvalue weighted by atomic mass is 10.3. The topological polar surface area (TPSA) is 72.3 Å². The summed E-state index contributed by atoms with van der Waals surface area (Å²) >= 11 is 0. The van der Waals surface area contributed by atoms with E-state index in [1.165, 1.54) is 10.9 Å². The Bertz CT molecular complexity index is 548. The summed E-state index contributed by atoms with van der Waals surface area (Å²) in [5, 5.41) is 3.88. The van der Waals surface area contributed by atoms with Gasteiger partial charge in [-0.1, -0.05) is 0 Å².